The minimum atomic E-state index is -0.445. The van der Waals surface area contributed by atoms with Gasteiger partial charge >= 0.3 is 6.09 Å². The average Bonchev–Trinajstić information content (AvgIpc) is 3.47. The van der Waals surface area contributed by atoms with Crippen LogP contribution in [0.4, 0.5) is 4.79 Å². The van der Waals surface area contributed by atoms with Crippen LogP contribution in [-0.2, 0) is 4.74 Å². The Hall–Kier alpha value is -4.05. The van der Waals surface area contributed by atoms with Crippen molar-refractivity contribution in [3.63, 3.8) is 0 Å². The van der Waals surface area contributed by atoms with Gasteiger partial charge in [-0.25, -0.2) is 9.78 Å². The Balaban J connectivity index is 1.40. The number of amides is 2. The zero-order chi connectivity index (χ0) is 29.5. The largest absolute Gasteiger partial charge is 0.497 e. The zero-order valence-corrected chi connectivity index (χ0v) is 24.7. The van der Waals surface area contributed by atoms with E-state index in [0.717, 1.165) is 54.0 Å². The molecule has 2 aromatic carbocycles. The molecule has 2 N–H and O–H groups in total. The molecule has 1 aliphatic carbocycles. The van der Waals surface area contributed by atoms with Crippen molar-refractivity contribution < 1.29 is 23.8 Å². The summed E-state index contributed by atoms with van der Waals surface area (Å²) in [4.78, 5) is 33.1. The molecule has 0 bridgehead atoms. The number of hydrogen-bond donors (Lipinski definition) is 2. The summed E-state index contributed by atoms with van der Waals surface area (Å²) in [5, 5.41) is 6.45. The van der Waals surface area contributed by atoms with Crippen molar-refractivity contribution >= 4 is 12.0 Å². The van der Waals surface area contributed by atoms with Crippen LogP contribution < -0.4 is 20.1 Å². The number of carbonyl (C=O) groups excluding carboxylic acids is 2. The van der Waals surface area contributed by atoms with Gasteiger partial charge in [-0.15, -0.1) is 0 Å². The van der Waals surface area contributed by atoms with Gasteiger partial charge in [-0.2, -0.15) is 0 Å². The molecule has 10 nitrogen and oxygen atoms in total. The normalized spacial score (nSPS) is 20.5. The molecule has 224 valence electrons. The lowest BCUT2D eigenvalue weighted by molar-refractivity contribution is 0.0601. The number of rotatable bonds is 9. The molecule has 5 rings (SSSR count). The van der Waals surface area contributed by atoms with Gasteiger partial charge in [0.15, 0.2) is 5.69 Å². The summed E-state index contributed by atoms with van der Waals surface area (Å²) in [6.45, 7) is 4.45. The van der Waals surface area contributed by atoms with Crippen molar-refractivity contribution in [1.29, 1.82) is 0 Å². The fourth-order valence-corrected chi connectivity index (χ4v) is 6.06. The van der Waals surface area contributed by atoms with E-state index in [0.29, 0.717) is 38.4 Å². The molecule has 2 amide bonds. The fourth-order valence-electron chi connectivity index (χ4n) is 6.06. The lowest BCUT2D eigenvalue weighted by atomic mass is 9.89. The minimum Gasteiger partial charge on any atom is -0.497 e. The fraction of sp³-hybridized carbons (Fsp3) is 0.469. The maximum Gasteiger partial charge on any atom is 0.407 e. The van der Waals surface area contributed by atoms with Gasteiger partial charge in [0.2, 0.25) is 0 Å². The number of aromatic nitrogens is 2. The third-order valence-electron chi connectivity index (χ3n) is 8.33. The van der Waals surface area contributed by atoms with Gasteiger partial charge < -0.3 is 34.3 Å². The molecule has 1 saturated heterocycles. The zero-order valence-electron chi connectivity index (χ0n) is 24.7. The van der Waals surface area contributed by atoms with Crippen LogP contribution in [0.3, 0.4) is 0 Å². The molecule has 10 heteroatoms. The number of carbonyl (C=O) groups is 2. The Kier molecular flexibility index (Phi) is 9.63. The lowest BCUT2D eigenvalue weighted by Crippen LogP contribution is -2.54. The summed E-state index contributed by atoms with van der Waals surface area (Å²) in [5.41, 5.74) is 3.17. The predicted molar refractivity (Wildman–Crippen MR) is 160 cm³/mol. The average molecular weight is 576 g/mol. The Morgan fingerprint density at radius 1 is 1.10 bits per heavy atom. The molecule has 2 fully saturated rings. The third kappa shape index (κ3) is 6.54. The number of hydrogen-bond acceptors (Lipinski definition) is 7. The van der Waals surface area contributed by atoms with Gasteiger partial charge in [-0.1, -0.05) is 49.2 Å². The second-order valence-corrected chi connectivity index (χ2v) is 10.9. The summed E-state index contributed by atoms with van der Waals surface area (Å²) in [7, 11) is 3.02. The van der Waals surface area contributed by atoms with Crippen molar-refractivity contribution in [2.75, 3.05) is 40.5 Å². The standard InChI is InChI=1S/C32H41N5O5/c1-22-13-14-25(40-2)19-28(22)42-18-15-24-20-33-16-17-36(24)31(38)29-30(23-9-5-4-6-10-23)37(21-34-29)27-12-8-7-11-26(27)35-32(39)41-3/h4-6,9-10,13-14,19,21,24,26-27,33H,7-8,11-12,15-18,20H2,1-3H3,(H,35,39)/t24-,26+,27+/m1/s1. The Morgan fingerprint density at radius 3 is 2.69 bits per heavy atom. The highest BCUT2D eigenvalue weighted by molar-refractivity contribution is 5.98. The van der Waals surface area contributed by atoms with Crippen LogP contribution in [0.5, 0.6) is 11.5 Å². The molecule has 42 heavy (non-hydrogen) atoms. The van der Waals surface area contributed by atoms with Crippen LogP contribution >= 0.6 is 0 Å². The number of benzene rings is 2. The van der Waals surface area contributed by atoms with Crippen LogP contribution in [0.25, 0.3) is 11.3 Å². The first-order valence-corrected chi connectivity index (χ1v) is 14.8. The Bertz CT molecular complexity index is 1360. The van der Waals surface area contributed by atoms with E-state index in [1.54, 1.807) is 13.4 Å². The SMILES string of the molecule is COC(=O)N[C@H]1CCCC[C@@H]1n1cnc(C(=O)N2CCNC[C@H]2CCOc2cc(OC)ccc2C)c1-c1ccccc1. The van der Waals surface area contributed by atoms with Crippen LogP contribution in [0.2, 0.25) is 0 Å². The molecule has 3 atom stereocenters. The van der Waals surface area contributed by atoms with Crippen LogP contribution in [0.1, 0.15) is 54.2 Å². The number of nitrogens with one attached hydrogen (secondary N) is 2. The molecule has 2 aliphatic rings. The molecule has 2 heterocycles. The number of aryl methyl sites for hydroxylation is 1. The van der Waals surface area contributed by atoms with Gasteiger partial charge in [0.25, 0.3) is 5.91 Å². The smallest absolute Gasteiger partial charge is 0.407 e. The molecular weight excluding hydrogens is 534 g/mol. The summed E-state index contributed by atoms with van der Waals surface area (Å²) >= 11 is 0. The number of imidazole rings is 1. The van der Waals surface area contributed by atoms with E-state index in [-0.39, 0.29) is 24.0 Å². The van der Waals surface area contributed by atoms with Crippen LogP contribution in [0, 0.1) is 6.92 Å². The van der Waals surface area contributed by atoms with E-state index < -0.39 is 6.09 Å². The molecule has 1 aliphatic heterocycles. The van der Waals surface area contributed by atoms with Gasteiger partial charge in [0.05, 0.1) is 44.9 Å². The van der Waals surface area contributed by atoms with E-state index in [1.807, 2.05) is 60.4 Å². The second kappa shape index (κ2) is 13.7. The van der Waals surface area contributed by atoms with Gasteiger partial charge in [-0.3, -0.25) is 4.79 Å². The summed E-state index contributed by atoms with van der Waals surface area (Å²) in [5.74, 6) is 1.44. The number of methoxy groups -OCH3 is 2. The van der Waals surface area contributed by atoms with Crippen molar-refractivity contribution in [3.8, 4) is 22.8 Å². The second-order valence-electron chi connectivity index (χ2n) is 10.9. The first-order chi connectivity index (χ1) is 20.5. The maximum absolute atomic E-state index is 14.3. The molecule has 0 spiro atoms. The topological polar surface area (TPSA) is 107 Å². The first kappa shape index (κ1) is 29.4. The molecule has 0 radical (unpaired) electrons. The molecule has 1 aromatic heterocycles. The first-order valence-electron chi connectivity index (χ1n) is 14.8. The van der Waals surface area contributed by atoms with Crippen molar-refractivity contribution in [1.82, 2.24) is 25.1 Å². The van der Waals surface area contributed by atoms with E-state index in [1.165, 1.54) is 7.11 Å². The number of nitrogens with zero attached hydrogens (tertiary/aromatic N) is 3. The van der Waals surface area contributed by atoms with Crippen LogP contribution in [0.15, 0.2) is 54.9 Å². The highest BCUT2D eigenvalue weighted by Gasteiger charge is 2.35. The van der Waals surface area contributed by atoms with Gasteiger partial charge in [-0.05, 0) is 31.4 Å². The Labute approximate surface area is 247 Å². The van der Waals surface area contributed by atoms with E-state index >= 15 is 0 Å². The van der Waals surface area contributed by atoms with Crippen molar-refractivity contribution in [2.45, 2.75) is 57.2 Å². The van der Waals surface area contributed by atoms with Crippen molar-refractivity contribution in [2.24, 2.45) is 0 Å². The maximum atomic E-state index is 14.3. The van der Waals surface area contributed by atoms with Gasteiger partial charge in [0.1, 0.15) is 11.5 Å². The highest BCUT2D eigenvalue weighted by Crippen LogP contribution is 2.35. The minimum absolute atomic E-state index is 0.0413. The number of piperazine rings is 1. The van der Waals surface area contributed by atoms with E-state index in [2.05, 4.69) is 15.2 Å². The quantitative estimate of drug-likeness (QED) is 0.384. The summed E-state index contributed by atoms with van der Waals surface area (Å²) in [6.07, 6.45) is 5.75. The lowest BCUT2D eigenvalue weighted by Gasteiger charge is -2.36. The number of alkyl carbamates (subject to hydrolysis) is 1. The monoisotopic (exact) mass is 575 g/mol. The third-order valence-corrected chi connectivity index (χ3v) is 8.33. The molecular formula is C32H41N5O5. The van der Waals surface area contributed by atoms with Gasteiger partial charge in [0, 0.05) is 43.7 Å². The highest BCUT2D eigenvalue weighted by atomic mass is 16.5. The molecule has 3 aromatic rings. The van der Waals surface area contributed by atoms with Crippen LogP contribution in [-0.4, -0.2) is 79.0 Å². The van der Waals surface area contributed by atoms with Crippen molar-refractivity contribution in [3.05, 3.63) is 66.1 Å². The predicted octanol–water partition coefficient (Wildman–Crippen LogP) is 4.59. The van der Waals surface area contributed by atoms with E-state index in [4.69, 9.17) is 19.2 Å². The number of ether oxygens (including phenoxy) is 3. The van der Waals surface area contributed by atoms with E-state index in [9.17, 15) is 9.59 Å². The summed E-state index contributed by atoms with van der Waals surface area (Å²) in [6, 6.07) is 15.5. The summed E-state index contributed by atoms with van der Waals surface area (Å²) < 4.78 is 18.5. The Morgan fingerprint density at radius 2 is 1.90 bits per heavy atom. The molecule has 0 unspecified atom stereocenters. The molecule has 1 saturated carbocycles.